The molecule has 0 saturated carbocycles. The minimum Gasteiger partial charge on any atom is -0.455 e. The lowest BCUT2D eigenvalue weighted by Gasteiger charge is -2.22. The minimum atomic E-state index is -0.239. The van der Waals surface area contributed by atoms with Crippen molar-refractivity contribution in [3.63, 3.8) is 0 Å². The molecule has 0 atom stereocenters. The van der Waals surface area contributed by atoms with E-state index in [0.29, 0.717) is 45.5 Å². The Bertz CT molecular complexity index is 2800. The maximum atomic E-state index is 6.80. The molecule has 0 radical (unpaired) electrons. The van der Waals surface area contributed by atoms with Gasteiger partial charge in [-0.05, 0) is 40.5 Å². The molecule has 1 aliphatic rings. The van der Waals surface area contributed by atoms with E-state index in [0.717, 1.165) is 38.2 Å². The molecule has 0 aliphatic heterocycles. The number of nitrogens with zero attached hydrogens (tertiary/aromatic N) is 4. The van der Waals surface area contributed by atoms with Crippen LogP contribution >= 0.6 is 11.3 Å². The van der Waals surface area contributed by atoms with Crippen LogP contribution in [0.5, 0.6) is 0 Å². The third-order valence-corrected chi connectivity index (χ3v) is 11.4. The summed E-state index contributed by atoms with van der Waals surface area (Å²) in [7, 11) is 0. The quantitative estimate of drug-likeness (QED) is 0.124. The first-order chi connectivity index (χ1) is 26.7. The van der Waals surface area contributed by atoms with E-state index in [-0.39, 0.29) is 5.41 Å². The van der Waals surface area contributed by atoms with Crippen molar-refractivity contribution in [2.45, 2.75) is 19.3 Å². The molecule has 0 N–H and O–H groups in total. The Labute approximate surface area is 325 Å². The third-order valence-electron chi connectivity index (χ3n) is 10.2. The number of allylic oxidation sites excluding steroid dienone is 8. The molecule has 55 heavy (non-hydrogen) atoms. The van der Waals surface area contributed by atoms with Gasteiger partial charge in [0.15, 0.2) is 17.5 Å². The first-order valence-corrected chi connectivity index (χ1v) is 18.7. The molecule has 0 fully saturated rings. The number of aromatic nitrogens is 4. The molecule has 7 aromatic rings. The Balaban J connectivity index is 1.25. The summed E-state index contributed by atoms with van der Waals surface area (Å²) in [4.78, 5) is 19.6. The average Bonchev–Trinajstić information content (AvgIpc) is 3.89. The molecule has 3 aromatic heterocycles. The first kappa shape index (κ1) is 35.3. The number of benzene rings is 4. The molecule has 4 aromatic carbocycles. The molecule has 266 valence electrons. The van der Waals surface area contributed by atoms with E-state index < -0.39 is 0 Å². The lowest BCUT2D eigenvalue weighted by Crippen LogP contribution is -2.15. The highest BCUT2D eigenvalue weighted by atomic mass is 32.1. The van der Waals surface area contributed by atoms with E-state index in [1.165, 1.54) is 27.0 Å². The SMILES string of the molecule is C=C/C=C(\C=C)c1nc(/C(C=C)=C/C=C)nc(-c2cccc3c(C=C)c(C(=C)c4ccc5c(c4)C(C)(C)c4ccc6nc(-c7ccccc7)sc6c4-5)oc23)n1. The summed E-state index contributed by atoms with van der Waals surface area (Å²) in [6.07, 6.45) is 12.2. The van der Waals surface area contributed by atoms with Gasteiger partial charge in [0, 0.05) is 44.2 Å². The summed E-state index contributed by atoms with van der Waals surface area (Å²) in [6.45, 7) is 29.0. The van der Waals surface area contributed by atoms with Gasteiger partial charge in [-0.25, -0.2) is 19.9 Å². The van der Waals surface area contributed by atoms with Crippen molar-refractivity contribution in [2.24, 2.45) is 0 Å². The van der Waals surface area contributed by atoms with Gasteiger partial charge in [-0.3, -0.25) is 0 Å². The summed E-state index contributed by atoms with van der Waals surface area (Å²) < 4.78 is 8.00. The second-order valence-electron chi connectivity index (χ2n) is 13.7. The van der Waals surface area contributed by atoms with Crippen LogP contribution in [0.25, 0.3) is 77.1 Å². The van der Waals surface area contributed by atoms with Gasteiger partial charge < -0.3 is 4.42 Å². The van der Waals surface area contributed by atoms with Crippen molar-refractivity contribution < 1.29 is 4.42 Å². The maximum Gasteiger partial charge on any atom is 0.167 e. The van der Waals surface area contributed by atoms with Gasteiger partial charge in [0.25, 0.3) is 0 Å². The lowest BCUT2D eigenvalue weighted by molar-refractivity contribution is 0.600. The topological polar surface area (TPSA) is 64.7 Å². The number of rotatable bonds is 11. The predicted octanol–water partition coefficient (Wildman–Crippen LogP) is 13.1. The molecular weight excluding hydrogens is 693 g/mol. The van der Waals surface area contributed by atoms with Gasteiger partial charge in [0.2, 0.25) is 0 Å². The largest absolute Gasteiger partial charge is 0.455 e. The lowest BCUT2D eigenvalue weighted by atomic mass is 9.81. The van der Waals surface area contributed by atoms with Crippen LogP contribution < -0.4 is 0 Å². The number of hydrogen-bond acceptors (Lipinski definition) is 6. The smallest absolute Gasteiger partial charge is 0.167 e. The highest BCUT2D eigenvalue weighted by molar-refractivity contribution is 7.22. The van der Waals surface area contributed by atoms with Crippen molar-refractivity contribution in [1.29, 1.82) is 0 Å². The molecule has 0 unspecified atom stereocenters. The molecule has 0 saturated heterocycles. The average molecular weight is 731 g/mol. The Morgan fingerprint density at radius 2 is 1.44 bits per heavy atom. The van der Waals surface area contributed by atoms with Crippen LogP contribution in [0.15, 0.2) is 159 Å². The molecule has 0 amide bonds. The van der Waals surface area contributed by atoms with E-state index in [2.05, 4.69) is 108 Å². The van der Waals surface area contributed by atoms with Crippen LogP contribution in [-0.2, 0) is 5.41 Å². The van der Waals surface area contributed by atoms with E-state index in [4.69, 9.17) is 24.4 Å². The molecule has 8 rings (SSSR count). The molecule has 6 heteroatoms. The zero-order valence-corrected chi connectivity index (χ0v) is 31.7. The molecule has 0 spiro atoms. The Morgan fingerprint density at radius 3 is 2.09 bits per heavy atom. The van der Waals surface area contributed by atoms with Crippen molar-refractivity contribution in [1.82, 2.24) is 19.9 Å². The maximum absolute atomic E-state index is 6.80. The van der Waals surface area contributed by atoms with Crippen molar-refractivity contribution in [3.05, 3.63) is 194 Å². The van der Waals surface area contributed by atoms with Gasteiger partial charge in [0.05, 0.1) is 15.8 Å². The molecule has 5 nitrogen and oxygen atoms in total. The van der Waals surface area contributed by atoms with Crippen LogP contribution in [0.3, 0.4) is 0 Å². The molecule has 3 heterocycles. The number of thiazole rings is 1. The second-order valence-corrected chi connectivity index (χ2v) is 14.7. The van der Waals surface area contributed by atoms with Crippen LogP contribution in [-0.4, -0.2) is 19.9 Å². The van der Waals surface area contributed by atoms with Gasteiger partial charge >= 0.3 is 0 Å². The first-order valence-electron chi connectivity index (χ1n) is 17.9. The van der Waals surface area contributed by atoms with Gasteiger partial charge in [-0.2, -0.15) is 0 Å². The Morgan fingerprint density at radius 1 is 0.727 bits per heavy atom. The summed E-state index contributed by atoms with van der Waals surface area (Å²) in [5, 5.41) is 1.90. The molecule has 1 aliphatic carbocycles. The fourth-order valence-corrected chi connectivity index (χ4v) is 8.58. The Hall–Kier alpha value is -6.76. The zero-order chi connectivity index (χ0) is 38.4. The van der Waals surface area contributed by atoms with E-state index in [1.54, 1.807) is 35.6 Å². The van der Waals surface area contributed by atoms with Crippen LogP contribution in [0, 0.1) is 0 Å². The van der Waals surface area contributed by atoms with E-state index >= 15 is 0 Å². The van der Waals surface area contributed by atoms with E-state index in [9.17, 15) is 0 Å². The fourth-order valence-electron chi connectivity index (χ4n) is 7.45. The Kier molecular flexibility index (Phi) is 8.92. The predicted molar refractivity (Wildman–Crippen MR) is 233 cm³/mol. The highest BCUT2D eigenvalue weighted by Crippen LogP contribution is 2.53. The summed E-state index contributed by atoms with van der Waals surface area (Å²) in [5.74, 6) is 1.95. The van der Waals surface area contributed by atoms with Crippen molar-refractivity contribution >= 4 is 55.3 Å². The van der Waals surface area contributed by atoms with E-state index in [1.807, 2.05) is 42.5 Å². The standard InChI is InChI=1S/C49H38N4OS/c1-9-18-30(11-3)45-51-46(31(12-4)19-10-2)53-47(52-45)37-23-17-22-35-34(13-5)42(54-43(35)37)29(6)33-24-25-36-39(28-33)49(7,8)38-26-27-40-44(41(36)38)55-48(50-40)32-20-15-14-16-21-32/h9-28H,1-6H2,7-8H3/b30-18+,31-19+. The van der Waals surface area contributed by atoms with Gasteiger partial charge in [0.1, 0.15) is 16.4 Å². The summed E-state index contributed by atoms with van der Waals surface area (Å²) >= 11 is 1.75. The monoisotopic (exact) mass is 730 g/mol. The fraction of sp³-hybridized carbons (Fsp3) is 0.0612. The van der Waals surface area contributed by atoms with Crippen LogP contribution in [0.1, 0.15) is 53.5 Å². The van der Waals surface area contributed by atoms with Gasteiger partial charge in [-0.1, -0.05) is 157 Å². The second kappa shape index (κ2) is 13.9. The van der Waals surface area contributed by atoms with Crippen molar-refractivity contribution in [2.75, 3.05) is 0 Å². The molecule has 0 bridgehead atoms. The number of fused-ring (bicyclic) bond motifs is 6. The normalized spacial score (nSPS) is 13.3. The summed E-state index contributed by atoms with van der Waals surface area (Å²) in [5.41, 5.74) is 12.2. The minimum absolute atomic E-state index is 0.239. The number of para-hydroxylation sites is 1. The summed E-state index contributed by atoms with van der Waals surface area (Å²) in [6, 6.07) is 27.3. The van der Waals surface area contributed by atoms with Crippen LogP contribution in [0.2, 0.25) is 0 Å². The van der Waals surface area contributed by atoms with Gasteiger partial charge in [-0.15, -0.1) is 11.3 Å². The zero-order valence-electron chi connectivity index (χ0n) is 30.9. The number of hydrogen-bond donors (Lipinski definition) is 0. The van der Waals surface area contributed by atoms with Crippen molar-refractivity contribution in [3.8, 4) is 33.1 Å². The van der Waals surface area contributed by atoms with Crippen LogP contribution in [0.4, 0.5) is 0 Å². The highest BCUT2D eigenvalue weighted by Gasteiger charge is 2.37. The number of furan rings is 1. The molecular formula is C49H38N4OS. The third kappa shape index (κ3) is 5.79.